The van der Waals surface area contributed by atoms with Gasteiger partial charge in [-0.3, -0.25) is 19.3 Å². The number of imide groups is 1. The smallest absolute Gasteiger partial charge is 0.264 e. The molecule has 0 spiro atoms. The first kappa shape index (κ1) is 17.0. The van der Waals surface area contributed by atoms with Crippen LogP contribution in [-0.2, 0) is 19.5 Å². The van der Waals surface area contributed by atoms with Crippen molar-refractivity contribution < 1.29 is 9.59 Å². The fourth-order valence-electron chi connectivity index (χ4n) is 4.68. The second kappa shape index (κ2) is 6.03. The van der Waals surface area contributed by atoms with Crippen LogP contribution in [0.5, 0.6) is 0 Å². The number of fused-ring (bicyclic) bond motifs is 7. The second-order valence-corrected chi connectivity index (χ2v) is 7.73. The molecule has 0 saturated carbocycles. The number of benzene rings is 2. The van der Waals surface area contributed by atoms with Gasteiger partial charge in [-0.15, -0.1) is 0 Å². The number of aromatic nitrogens is 2. The van der Waals surface area contributed by atoms with Gasteiger partial charge >= 0.3 is 0 Å². The maximum absolute atomic E-state index is 13.4. The average molecular weight is 395 g/mol. The summed E-state index contributed by atoms with van der Waals surface area (Å²) < 4.78 is 1.62. The first-order valence-electron chi connectivity index (χ1n) is 9.91. The molecular weight excluding hydrogens is 378 g/mol. The van der Waals surface area contributed by atoms with Crippen molar-refractivity contribution in [1.82, 2.24) is 14.5 Å². The summed E-state index contributed by atoms with van der Waals surface area (Å²) in [7, 11) is 0. The third-order valence-corrected chi connectivity index (χ3v) is 6.06. The molecule has 1 N–H and O–H groups in total. The molecule has 2 aliphatic heterocycles. The van der Waals surface area contributed by atoms with Crippen molar-refractivity contribution in [3.8, 4) is 11.4 Å². The Kier molecular flexibility index (Phi) is 3.41. The first-order valence-corrected chi connectivity index (χ1v) is 9.91. The van der Waals surface area contributed by atoms with Crippen LogP contribution in [0.25, 0.3) is 22.3 Å². The number of para-hydroxylation sites is 1. The largest absolute Gasteiger partial charge is 0.353 e. The van der Waals surface area contributed by atoms with Gasteiger partial charge in [0.2, 0.25) is 0 Å². The van der Waals surface area contributed by atoms with Gasteiger partial charge in [-0.2, -0.15) is 0 Å². The molecule has 0 unspecified atom stereocenters. The molecule has 4 heterocycles. The molecule has 2 aromatic carbocycles. The molecule has 0 radical (unpaired) electrons. The van der Waals surface area contributed by atoms with E-state index in [0.29, 0.717) is 24.2 Å². The van der Waals surface area contributed by atoms with E-state index < -0.39 is 5.91 Å². The molecule has 0 saturated heterocycles. The summed E-state index contributed by atoms with van der Waals surface area (Å²) >= 11 is 0. The van der Waals surface area contributed by atoms with Gasteiger partial charge in [-0.1, -0.05) is 48.5 Å². The van der Waals surface area contributed by atoms with Gasteiger partial charge in [0, 0.05) is 23.5 Å². The molecule has 2 amide bonds. The summed E-state index contributed by atoms with van der Waals surface area (Å²) in [5.74, 6) is -0.767. The quantitative estimate of drug-likeness (QED) is 0.529. The molecule has 30 heavy (non-hydrogen) atoms. The first-order chi connectivity index (χ1) is 14.6. The summed E-state index contributed by atoms with van der Waals surface area (Å²) in [6, 6.07) is 18.6. The molecule has 0 atom stereocenters. The van der Waals surface area contributed by atoms with Crippen LogP contribution >= 0.6 is 0 Å². The Morgan fingerprint density at radius 1 is 0.900 bits per heavy atom. The molecular formula is C24H17N3O3. The van der Waals surface area contributed by atoms with E-state index in [-0.39, 0.29) is 23.6 Å². The minimum Gasteiger partial charge on any atom is -0.353 e. The predicted molar refractivity (Wildman–Crippen MR) is 112 cm³/mol. The molecule has 0 fully saturated rings. The van der Waals surface area contributed by atoms with Crippen LogP contribution in [0, 0.1) is 0 Å². The monoisotopic (exact) mass is 395 g/mol. The molecule has 0 bridgehead atoms. The maximum Gasteiger partial charge on any atom is 0.264 e. The van der Waals surface area contributed by atoms with Crippen molar-refractivity contribution in [2.45, 2.75) is 19.5 Å². The van der Waals surface area contributed by atoms with Gasteiger partial charge in [0.1, 0.15) is 0 Å². The number of aryl methyl sites for hydroxylation is 1. The fraction of sp³-hybridized carbons (Fsp3) is 0.125. The molecule has 4 aromatic rings. The van der Waals surface area contributed by atoms with Crippen LogP contribution in [0.3, 0.4) is 0 Å². The third-order valence-electron chi connectivity index (χ3n) is 6.06. The fourth-order valence-corrected chi connectivity index (χ4v) is 4.68. The summed E-state index contributed by atoms with van der Waals surface area (Å²) in [5.41, 5.74) is 4.46. The number of pyridine rings is 1. The number of nitrogens with zero attached hydrogens (tertiary/aromatic N) is 2. The molecule has 6 nitrogen and oxygen atoms in total. The lowest BCUT2D eigenvalue weighted by Crippen LogP contribution is -2.29. The van der Waals surface area contributed by atoms with Crippen LogP contribution in [-0.4, -0.2) is 26.3 Å². The normalized spacial score (nSPS) is 14.7. The molecule has 6 rings (SSSR count). The SMILES string of the molecule is O=C1c2cc(=O)n3c(c2C(=O)N1Cc1ccccc1)-c1[nH]c2ccccc2c1CC3. The topological polar surface area (TPSA) is 75.2 Å². The Labute approximate surface area is 171 Å². The molecule has 0 aliphatic carbocycles. The molecule has 6 heteroatoms. The lowest BCUT2D eigenvalue weighted by atomic mass is 9.97. The van der Waals surface area contributed by atoms with Gasteiger partial charge < -0.3 is 9.55 Å². The van der Waals surface area contributed by atoms with Gasteiger partial charge in [0.15, 0.2) is 0 Å². The van der Waals surface area contributed by atoms with Crippen molar-refractivity contribution in [2.75, 3.05) is 0 Å². The van der Waals surface area contributed by atoms with Gasteiger partial charge in [-0.05, 0) is 23.6 Å². The Hall–Kier alpha value is -3.93. The summed E-state index contributed by atoms with van der Waals surface area (Å²) in [6.45, 7) is 0.664. The lowest BCUT2D eigenvalue weighted by Gasteiger charge is -2.21. The van der Waals surface area contributed by atoms with E-state index in [0.717, 1.165) is 27.7 Å². The number of amides is 2. The van der Waals surface area contributed by atoms with Crippen LogP contribution in [0.15, 0.2) is 65.5 Å². The summed E-state index contributed by atoms with van der Waals surface area (Å²) in [6.07, 6.45) is 0.695. The van der Waals surface area contributed by atoms with E-state index in [9.17, 15) is 14.4 Å². The van der Waals surface area contributed by atoms with Crippen LogP contribution in [0.1, 0.15) is 31.8 Å². The van der Waals surface area contributed by atoms with E-state index in [4.69, 9.17) is 0 Å². The molecule has 2 aliphatic rings. The lowest BCUT2D eigenvalue weighted by molar-refractivity contribution is 0.0642. The van der Waals surface area contributed by atoms with Crippen LogP contribution in [0.4, 0.5) is 0 Å². The van der Waals surface area contributed by atoms with Crippen LogP contribution < -0.4 is 5.56 Å². The van der Waals surface area contributed by atoms with Gasteiger partial charge in [0.05, 0.1) is 29.1 Å². The predicted octanol–water partition coefficient (Wildman–Crippen LogP) is 3.35. The van der Waals surface area contributed by atoms with Crippen molar-refractivity contribution in [3.63, 3.8) is 0 Å². The van der Waals surface area contributed by atoms with Crippen molar-refractivity contribution >= 4 is 22.7 Å². The Balaban J connectivity index is 1.57. The number of H-pyrrole nitrogens is 1. The number of hydrogen-bond acceptors (Lipinski definition) is 3. The van der Waals surface area contributed by atoms with Crippen molar-refractivity contribution in [2.24, 2.45) is 0 Å². The number of rotatable bonds is 2. The highest BCUT2D eigenvalue weighted by Crippen LogP contribution is 2.39. The zero-order valence-corrected chi connectivity index (χ0v) is 16.0. The average Bonchev–Trinajstić information content (AvgIpc) is 3.26. The van der Waals surface area contributed by atoms with Crippen molar-refractivity contribution in [3.05, 3.63) is 93.3 Å². The molecule has 2 aromatic heterocycles. The van der Waals surface area contributed by atoms with Gasteiger partial charge in [-0.25, -0.2) is 0 Å². The third kappa shape index (κ3) is 2.21. The zero-order valence-electron chi connectivity index (χ0n) is 16.0. The summed E-state index contributed by atoms with van der Waals surface area (Å²) in [4.78, 5) is 43.9. The minimum absolute atomic E-state index is 0.181. The maximum atomic E-state index is 13.4. The van der Waals surface area contributed by atoms with Crippen LogP contribution in [0.2, 0.25) is 0 Å². The van der Waals surface area contributed by atoms with E-state index in [1.165, 1.54) is 11.0 Å². The minimum atomic E-state index is -0.414. The number of hydrogen-bond donors (Lipinski definition) is 1. The Morgan fingerprint density at radius 2 is 1.67 bits per heavy atom. The van der Waals surface area contributed by atoms with E-state index >= 15 is 0 Å². The Morgan fingerprint density at radius 3 is 2.50 bits per heavy atom. The summed E-state index contributed by atoms with van der Waals surface area (Å²) in [5, 5.41) is 1.08. The highest BCUT2D eigenvalue weighted by atomic mass is 16.2. The molecule has 146 valence electrons. The number of aromatic amines is 1. The van der Waals surface area contributed by atoms with E-state index in [2.05, 4.69) is 4.98 Å². The number of nitrogens with one attached hydrogen (secondary N) is 1. The number of carbonyl (C=O) groups excluding carboxylic acids is 2. The second-order valence-electron chi connectivity index (χ2n) is 7.73. The highest BCUT2D eigenvalue weighted by Gasteiger charge is 2.41. The zero-order chi connectivity index (χ0) is 20.4. The van der Waals surface area contributed by atoms with Crippen molar-refractivity contribution in [1.29, 1.82) is 0 Å². The Bertz CT molecular complexity index is 1430. The highest BCUT2D eigenvalue weighted by molar-refractivity contribution is 6.23. The van der Waals surface area contributed by atoms with E-state index in [1.54, 1.807) is 4.57 Å². The van der Waals surface area contributed by atoms with Gasteiger partial charge in [0.25, 0.3) is 17.4 Å². The van der Waals surface area contributed by atoms with E-state index in [1.807, 2.05) is 54.6 Å². The standard InChI is InChI=1S/C24H17N3O3/c28-19-12-17-20(24(30)27(23(17)29)13-14-6-2-1-3-7-14)22-21-16(10-11-26(19)22)15-8-4-5-9-18(15)25-21/h1-9,12,25H,10-11,13H2. The number of carbonyl (C=O) groups is 2.